The van der Waals surface area contributed by atoms with Gasteiger partial charge in [0.15, 0.2) is 0 Å². The Hall–Kier alpha value is -2.23. The summed E-state index contributed by atoms with van der Waals surface area (Å²) in [4.78, 5) is 14.7. The van der Waals surface area contributed by atoms with Gasteiger partial charge < -0.3 is 0 Å². The van der Waals surface area contributed by atoms with E-state index in [1.165, 1.54) is 0 Å². The van der Waals surface area contributed by atoms with Gasteiger partial charge in [-0.1, -0.05) is 31.2 Å². The smallest absolute Gasteiger partial charge is 0.246 e. The molecule has 4 nitrogen and oxygen atoms in total. The Morgan fingerprint density at radius 2 is 2.18 bits per heavy atom. The molecule has 0 amide bonds. The van der Waals surface area contributed by atoms with Crippen molar-refractivity contribution in [3.8, 4) is 0 Å². The molecule has 4 heteroatoms. The molecule has 0 atom stereocenters. The van der Waals surface area contributed by atoms with Crippen LogP contribution >= 0.6 is 0 Å². The summed E-state index contributed by atoms with van der Waals surface area (Å²) in [5.41, 5.74) is 1.78. The zero-order valence-corrected chi connectivity index (χ0v) is 9.46. The molecule has 0 radical (unpaired) electrons. The van der Waals surface area contributed by atoms with Crippen LogP contribution in [0.25, 0.3) is 17.0 Å². The van der Waals surface area contributed by atoms with E-state index in [0.29, 0.717) is 6.42 Å². The van der Waals surface area contributed by atoms with Gasteiger partial charge in [-0.3, -0.25) is 15.1 Å². The van der Waals surface area contributed by atoms with E-state index in [2.05, 4.69) is 4.98 Å². The van der Waals surface area contributed by atoms with E-state index in [1.807, 2.05) is 30.3 Å². The Labute approximate surface area is 98.8 Å². The molecule has 0 saturated carbocycles. The van der Waals surface area contributed by atoms with Crippen molar-refractivity contribution in [1.82, 2.24) is 4.98 Å². The summed E-state index contributed by atoms with van der Waals surface area (Å²) >= 11 is 0. The van der Waals surface area contributed by atoms with Crippen LogP contribution in [0.15, 0.2) is 42.2 Å². The van der Waals surface area contributed by atoms with E-state index in [4.69, 9.17) is 0 Å². The molecule has 1 aromatic heterocycles. The third kappa shape index (κ3) is 2.30. The van der Waals surface area contributed by atoms with Crippen LogP contribution in [0.1, 0.15) is 18.9 Å². The number of hydrogen-bond donors (Lipinski definition) is 0. The van der Waals surface area contributed by atoms with E-state index in [1.54, 1.807) is 19.2 Å². The zero-order valence-electron chi connectivity index (χ0n) is 9.46. The minimum absolute atomic E-state index is 0.197. The number of benzene rings is 1. The molecule has 0 fully saturated rings. The van der Waals surface area contributed by atoms with E-state index >= 15 is 0 Å². The maximum atomic E-state index is 10.8. The highest BCUT2D eigenvalue weighted by atomic mass is 16.6. The third-order valence-electron chi connectivity index (χ3n) is 2.58. The topological polar surface area (TPSA) is 56.0 Å². The molecule has 0 N–H and O–H groups in total. The highest BCUT2D eigenvalue weighted by Gasteiger charge is 2.08. The second kappa shape index (κ2) is 4.74. The summed E-state index contributed by atoms with van der Waals surface area (Å²) < 4.78 is 0. The lowest BCUT2D eigenvalue weighted by Crippen LogP contribution is -1.97. The Balaban J connectivity index is 2.59. The fraction of sp³-hybridized carbons (Fsp3) is 0.154. The van der Waals surface area contributed by atoms with Crippen LogP contribution in [0.2, 0.25) is 0 Å². The number of fused-ring (bicyclic) bond motifs is 1. The largest absolute Gasteiger partial charge is 0.259 e. The van der Waals surface area contributed by atoms with Crippen molar-refractivity contribution in [2.24, 2.45) is 0 Å². The Morgan fingerprint density at radius 3 is 2.88 bits per heavy atom. The number of para-hydroxylation sites is 1. The molecule has 0 bridgehead atoms. The first-order chi connectivity index (χ1) is 8.22. The van der Waals surface area contributed by atoms with Crippen LogP contribution < -0.4 is 0 Å². The van der Waals surface area contributed by atoms with Gasteiger partial charge in [-0.25, -0.2) is 0 Å². The Bertz CT molecular complexity index is 585. The van der Waals surface area contributed by atoms with E-state index < -0.39 is 0 Å². The molecule has 1 aromatic carbocycles. The summed E-state index contributed by atoms with van der Waals surface area (Å²) in [6.07, 6.45) is 3.68. The molecule has 86 valence electrons. The van der Waals surface area contributed by atoms with Gasteiger partial charge in [0.05, 0.1) is 10.4 Å². The van der Waals surface area contributed by atoms with Gasteiger partial charge in [-0.2, -0.15) is 0 Å². The van der Waals surface area contributed by atoms with E-state index in [0.717, 1.165) is 16.5 Å². The second-order valence-electron chi connectivity index (χ2n) is 3.67. The van der Waals surface area contributed by atoms with Crippen molar-refractivity contribution in [2.45, 2.75) is 13.3 Å². The Morgan fingerprint density at radius 1 is 1.41 bits per heavy atom. The van der Waals surface area contributed by atoms with E-state index in [-0.39, 0.29) is 10.6 Å². The summed E-state index contributed by atoms with van der Waals surface area (Å²) in [5.74, 6) is 0. The van der Waals surface area contributed by atoms with Crippen molar-refractivity contribution >= 4 is 17.0 Å². The average molecular weight is 228 g/mol. The first-order valence-electron chi connectivity index (χ1n) is 5.41. The molecule has 1 heterocycles. The van der Waals surface area contributed by atoms with Gasteiger partial charge in [0.1, 0.15) is 0 Å². The lowest BCUT2D eigenvalue weighted by Gasteiger charge is -2.01. The molecular weight excluding hydrogens is 216 g/mol. The SMILES string of the molecule is CCC(=Cc1cccc2cccnc12)[N+](=O)[O-]. The number of nitrogens with zero attached hydrogens (tertiary/aromatic N) is 2. The maximum Gasteiger partial charge on any atom is 0.246 e. The van der Waals surface area contributed by atoms with Gasteiger partial charge in [0.25, 0.3) is 0 Å². The van der Waals surface area contributed by atoms with Gasteiger partial charge in [-0.15, -0.1) is 0 Å². The quantitative estimate of drug-likeness (QED) is 0.598. The number of allylic oxidation sites excluding steroid dienone is 1. The van der Waals surface area contributed by atoms with Crippen LogP contribution in [0.4, 0.5) is 0 Å². The second-order valence-corrected chi connectivity index (χ2v) is 3.67. The molecular formula is C13H12N2O2. The lowest BCUT2D eigenvalue weighted by molar-refractivity contribution is -0.425. The summed E-state index contributed by atoms with van der Waals surface area (Å²) in [6.45, 7) is 1.77. The molecule has 0 aliphatic rings. The number of aromatic nitrogens is 1. The van der Waals surface area contributed by atoms with Crippen LogP contribution in [0, 0.1) is 10.1 Å². The number of rotatable bonds is 3. The van der Waals surface area contributed by atoms with Gasteiger partial charge in [0, 0.05) is 29.6 Å². The fourth-order valence-electron chi connectivity index (χ4n) is 1.71. The number of pyridine rings is 1. The molecule has 0 unspecified atom stereocenters. The molecule has 0 saturated heterocycles. The first kappa shape index (κ1) is 11.3. The molecule has 17 heavy (non-hydrogen) atoms. The third-order valence-corrected chi connectivity index (χ3v) is 2.58. The van der Waals surface area contributed by atoms with Crippen LogP contribution in [0.3, 0.4) is 0 Å². The standard InChI is InChI=1S/C13H12N2O2/c1-2-12(15(16)17)9-11-6-3-5-10-7-4-8-14-13(10)11/h3-9H,2H2,1H3. The summed E-state index contributed by atoms with van der Waals surface area (Å²) in [7, 11) is 0. The van der Waals surface area contributed by atoms with Crippen LogP contribution in [-0.2, 0) is 0 Å². The highest BCUT2D eigenvalue weighted by Crippen LogP contribution is 2.19. The Kier molecular flexibility index (Phi) is 3.14. The molecule has 0 spiro atoms. The van der Waals surface area contributed by atoms with Crippen molar-refractivity contribution in [3.63, 3.8) is 0 Å². The molecule has 2 aromatic rings. The van der Waals surface area contributed by atoms with Crippen LogP contribution in [0.5, 0.6) is 0 Å². The van der Waals surface area contributed by atoms with Crippen molar-refractivity contribution in [2.75, 3.05) is 0 Å². The maximum absolute atomic E-state index is 10.8. The van der Waals surface area contributed by atoms with Gasteiger partial charge in [-0.05, 0) is 6.07 Å². The minimum Gasteiger partial charge on any atom is -0.259 e. The first-order valence-corrected chi connectivity index (χ1v) is 5.41. The minimum atomic E-state index is -0.345. The van der Waals surface area contributed by atoms with Gasteiger partial charge in [0.2, 0.25) is 5.70 Å². The fourth-order valence-corrected chi connectivity index (χ4v) is 1.71. The van der Waals surface area contributed by atoms with Crippen molar-refractivity contribution in [3.05, 3.63) is 57.9 Å². The predicted molar refractivity (Wildman–Crippen MR) is 67.0 cm³/mol. The summed E-state index contributed by atoms with van der Waals surface area (Å²) in [5, 5.41) is 11.8. The molecule has 2 rings (SSSR count). The number of hydrogen-bond acceptors (Lipinski definition) is 3. The zero-order chi connectivity index (χ0) is 12.3. The average Bonchev–Trinajstić information content (AvgIpc) is 2.35. The molecule has 0 aliphatic heterocycles. The van der Waals surface area contributed by atoms with Gasteiger partial charge >= 0.3 is 0 Å². The van der Waals surface area contributed by atoms with Crippen molar-refractivity contribution in [1.29, 1.82) is 0 Å². The van der Waals surface area contributed by atoms with Crippen LogP contribution in [-0.4, -0.2) is 9.91 Å². The molecule has 0 aliphatic carbocycles. The van der Waals surface area contributed by atoms with E-state index in [9.17, 15) is 10.1 Å². The normalized spacial score (nSPS) is 11.7. The van der Waals surface area contributed by atoms with Crippen molar-refractivity contribution < 1.29 is 4.92 Å². The highest BCUT2D eigenvalue weighted by molar-refractivity contribution is 5.87. The monoisotopic (exact) mass is 228 g/mol. The lowest BCUT2D eigenvalue weighted by atomic mass is 10.1. The summed E-state index contributed by atoms with van der Waals surface area (Å²) in [6, 6.07) is 9.45. The predicted octanol–water partition coefficient (Wildman–Crippen LogP) is 3.26. The number of nitro groups is 1.